The number of nitrogens with zero attached hydrogens (tertiary/aromatic N) is 9. The van der Waals surface area contributed by atoms with Gasteiger partial charge < -0.3 is 25.1 Å². The van der Waals surface area contributed by atoms with Crippen LogP contribution in [0.2, 0.25) is 0 Å². The van der Waals surface area contributed by atoms with E-state index in [-0.39, 0.29) is 66.3 Å². The quantitative estimate of drug-likeness (QED) is 0.0417. The van der Waals surface area contributed by atoms with Crippen molar-refractivity contribution in [2.45, 2.75) is 113 Å². The maximum atomic E-state index is 13.4. The molecule has 3 aromatic carbocycles. The highest BCUT2D eigenvalue weighted by Crippen LogP contribution is 2.36. The first-order valence-corrected chi connectivity index (χ1v) is 32.6. The molecule has 10 aromatic rings. The molecule has 0 spiro atoms. The summed E-state index contributed by atoms with van der Waals surface area (Å²) in [4.78, 5) is 126. The minimum absolute atomic E-state index is 0. The van der Waals surface area contributed by atoms with Crippen LogP contribution < -0.4 is 5.73 Å². The van der Waals surface area contributed by atoms with Crippen LogP contribution in [-0.2, 0) is 31.8 Å². The Kier molecular flexibility index (Phi) is 31.8. The number of ether oxygens (including phenoxy) is 3. The van der Waals surface area contributed by atoms with Crippen LogP contribution in [0.25, 0.3) is 33.8 Å². The molecule has 0 unspecified atom stereocenters. The van der Waals surface area contributed by atoms with Crippen molar-refractivity contribution in [1.82, 2.24) is 39.9 Å². The van der Waals surface area contributed by atoms with E-state index in [9.17, 15) is 56.6 Å². The molecule has 0 saturated heterocycles. The van der Waals surface area contributed by atoms with Crippen LogP contribution >= 0.6 is 45.6 Å². The van der Waals surface area contributed by atoms with Gasteiger partial charge in [0, 0.05) is 129 Å². The number of benzene rings is 3. The van der Waals surface area contributed by atoms with Crippen LogP contribution in [0.4, 0.5) is 18.2 Å². The van der Waals surface area contributed by atoms with Gasteiger partial charge in [0.05, 0.1) is 59.1 Å². The topological polar surface area (TPSA) is 337 Å². The minimum Gasteiger partial charge on any atom is -0.478 e. The average molecular weight is 1460 g/mol. The van der Waals surface area contributed by atoms with E-state index in [4.69, 9.17) is 36.8 Å². The van der Waals surface area contributed by atoms with E-state index in [1.807, 2.05) is 20.8 Å². The minimum atomic E-state index is -1.14. The number of nitrogens with two attached hydrogens (primary N) is 1. The lowest BCUT2D eigenvalue weighted by Crippen LogP contribution is -2.24. The van der Waals surface area contributed by atoms with Gasteiger partial charge in [-0.2, -0.15) is 5.26 Å². The van der Waals surface area contributed by atoms with Gasteiger partial charge in [-0.15, -0.1) is 34.0 Å². The lowest BCUT2D eigenvalue weighted by atomic mass is 10.0. The molecule has 526 valence electrons. The van der Waals surface area contributed by atoms with E-state index in [0.29, 0.717) is 65.3 Å². The van der Waals surface area contributed by atoms with Gasteiger partial charge in [0.15, 0.2) is 17.3 Å². The molecule has 0 aliphatic heterocycles. The number of thiophene rings is 3. The Labute approximate surface area is 597 Å². The summed E-state index contributed by atoms with van der Waals surface area (Å²) in [5.41, 5.74) is 9.08. The summed E-state index contributed by atoms with van der Waals surface area (Å²) < 4.78 is 54.7. The molecular formula is C72H70ClF3N10O12S3. The van der Waals surface area contributed by atoms with E-state index >= 15 is 0 Å². The van der Waals surface area contributed by atoms with Gasteiger partial charge in [-0.1, -0.05) is 37.8 Å². The van der Waals surface area contributed by atoms with Crippen molar-refractivity contribution in [3.63, 3.8) is 0 Å². The Morgan fingerprint density at radius 3 is 1.23 bits per heavy atom. The van der Waals surface area contributed by atoms with E-state index < -0.39 is 63.4 Å². The summed E-state index contributed by atoms with van der Waals surface area (Å²) in [6, 6.07) is 17.8. The predicted octanol–water partition coefficient (Wildman–Crippen LogP) is 15.7. The van der Waals surface area contributed by atoms with Crippen molar-refractivity contribution in [1.29, 1.82) is 5.26 Å². The first kappa shape index (κ1) is 82.4. The number of nitrogen functional groups attached to an aromatic ring is 1. The van der Waals surface area contributed by atoms with Crippen molar-refractivity contribution >= 4 is 97.1 Å². The molecule has 0 fully saturated rings. The highest BCUT2D eigenvalue weighted by molar-refractivity contribution is 7.15. The third-order valence-electron chi connectivity index (χ3n) is 12.0. The SMILES string of the molecule is C.CC(=O)c1cnccn1.CC(C)(C)OC(=O)CC#N.CC(C)(C)OC(=O)c1c(-c2cnccn2)csc1CC(=O)c1cccc(F)c1.CC(C)(C)OC(=O)c1c(-c2cnccn2)csc1N.O=C(Cc1scc(-c2cnccn2)c1C(=O)O)c1cccc(F)c1.O=C(Cl)c1cccc(F)c1. The maximum Gasteiger partial charge on any atom is 0.342 e. The number of aromatic carboxylic acids is 1. The van der Waals surface area contributed by atoms with Crippen molar-refractivity contribution in [2.24, 2.45) is 0 Å². The normalized spacial score (nSPS) is 10.5. The van der Waals surface area contributed by atoms with Crippen LogP contribution in [0.3, 0.4) is 0 Å². The summed E-state index contributed by atoms with van der Waals surface area (Å²) in [5, 5.41) is 22.6. The standard InChI is InChI=1S/C21H19FN2O3S.C17H11FN2O3S.C13H15N3O2S.C7H4ClFO.C7H11NO2.C6H6N2O.CH4/c1-21(2,3)27-20(26)19-15(16-11-23-7-8-24-16)12-28-18(19)10-17(25)13-5-4-6-14(22)9-13;18-11-3-1-2-10(6-11)14(21)7-15-16(17(22)23)12(9-24-15)13-8-19-4-5-20-13;1-13(2,3)18-12(17)10-8(7-19-11(10)14)9-6-15-4-5-16-9;8-7(10)5-2-1-3-6(9)4-5;1-7(2,3)10-6(9)4-5-8;1-5(9)6-4-7-2-3-8-6;/h4-9,11-12H,10H2,1-3H3;1-6,8-9H,7H2,(H,22,23);4-7H,14H2,1-3H3;1-4H;4H2,1-3H3;2-4H,1H3;1H4. The van der Waals surface area contributed by atoms with Gasteiger partial charge in [0.1, 0.15) is 56.9 Å². The molecule has 3 N–H and O–H groups in total. The average Bonchev–Trinajstić information content (AvgIpc) is 1.68. The lowest BCUT2D eigenvalue weighted by Gasteiger charge is -2.20. The molecule has 0 radical (unpaired) electrons. The Hall–Kier alpha value is -11.0. The van der Waals surface area contributed by atoms with Gasteiger partial charge in [0.2, 0.25) is 0 Å². The van der Waals surface area contributed by atoms with Crippen LogP contribution in [0.15, 0.2) is 163 Å². The van der Waals surface area contributed by atoms with E-state index in [1.165, 1.54) is 134 Å². The number of carboxylic acid groups (broad SMARTS) is 1. The van der Waals surface area contributed by atoms with E-state index in [0.717, 1.165) is 23.5 Å². The molecule has 0 aliphatic rings. The zero-order valence-corrected chi connectivity index (χ0v) is 58.7. The summed E-state index contributed by atoms with van der Waals surface area (Å²) in [7, 11) is 0. The lowest BCUT2D eigenvalue weighted by molar-refractivity contribution is -0.153. The number of halogens is 4. The largest absolute Gasteiger partial charge is 0.478 e. The van der Waals surface area contributed by atoms with Gasteiger partial charge in [0.25, 0.3) is 5.24 Å². The molecular weight excluding hydrogens is 1390 g/mol. The molecule has 7 heterocycles. The Morgan fingerprint density at radius 2 is 0.891 bits per heavy atom. The van der Waals surface area contributed by atoms with Crippen LogP contribution in [0.5, 0.6) is 0 Å². The smallest absolute Gasteiger partial charge is 0.342 e. The Balaban J connectivity index is 0.000000270. The van der Waals surface area contributed by atoms with Crippen LogP contribution in [-0.4, -0.2) is 108 Å². The van der Waals surface area contributed by atoms with Gasteiger partial charge >= 0.3 is 23.9 Å². The van der Waals surface area contributed by atoms with Crippen molar-refractivity contribution < 1.29 is 70.8 Å². The van der Waals surface area contributed by atoms with Crippen molar-refractivity contribution in [3.05, 3.63) is 230 Å². The van der Waals surface area contributed by atoms with Crippen molar-refractivity contribution in [3.8, 4) is 39.8 Å². The molecule has 0 saturated carbocycles. The first-order valence-electron chi connectivity index (χ1n) is 29.6. The Morgan fingerprint density at radius 1 is 0.525 bits per heavy atom. The van der Waals surface area contributed by atoms with E-state index in [2.05, 4.69) is 39.9 Å². The summed E-state index contributed by atoms with van der Waals surface area (Å²) in [6.07, 6.45) is 17.9. The van der Waals surface area contributed by atoms with Gasteiger partial charge in [-0.3, -0.25) is 58.9 Å². The van der Waals surface area contributed by atoms with Crippen LogP contribution in [0.1, 0.15) is 165 Å². The molecule has 0 aliphatic carbocycles. The number of anilines is 1. The van der Waals surface area contributed by atoms with Gasteiger partial charge in [-0.25, -0.2) is 32.5 Å². The zero-order chi connectivity index (χ0) is 73.9. The van der Waals surface area contributed by atoms with Crippen LogP contribution in [0, 0.1) is 28.8 Å². The number of carboxylic acids is 1. The number of Topliss-reactive ketones (excluding diaryl/α,β-unsaturated/α-hetero) is 3. The molecule has 0 atom stereocenters. The zero-order valence-electron chi connectivity index (χ0n) is 55.5. The number of aromatic nitrogens is 8. The Bertz CT molecular complexity index is 4500. The fourth-order valence-electron chi connectivity index (χ4n) is 7.99. The number of hydrogen-bond donors (Lipinski definition) is 2. The maximum absolute atomic E-state index is 13.4. The monoisotopic (exact) mass is 1450 g/mol. The first-order chi connectivity index (χ1) is 47.1. The highest BCUT2D eigenvalue weighted by atomic mass is 35.5. The second-order valence-electron chi connectivity index (χ2n) is 23.4. The number of carbonyl (C=O) groups excluding carboxylic acids is 7. The summed E-state index contributed by atoms with van der Waals surface area (Å²) >= 11 is 8.79. The molecule has 29 heteroatoms. The molecule has 0 bridgehead atoms. The number of rotatable bonds is 15. The third kappa shape index (κ3) is 27.7. The number of esters is 3. The number of hydrogen-bond acceptors (Lipinski definition) is 24. The van der Waals surface area contributed by atoms with Crippen molar-refractivity contribution in [2.75, 3.05) is 5.73 Å². The summed E-state index contributed by atoms with van der Waals surface area (Å²) in [5.74, 6) is -4.69. The summed E-state index contributed by atoms with van der Waals surface area (Å²) in [6.45, 7) is 17.5. The fourth-order valence-corrected chi connectivity index (χ4v) is 11.0. The molecule has 7 aromatic heterocycles. The highest BCUT2D eigenvalue weighted by Gasteiger charge is 2.29. The molecule has 101 heavy (non-hydrogen) atoms. The third-order valence-corrected chi connectivity index (χ3v) is 15.0. The molecule has 0 amide bonds. The fraction of sp³-hybridized carbons (Fsp3) is 0.236. The van der Waals surface area contributed by atoms with E-state index in [1.54, 1.807) is 94.6 Å². The number of carbonyl (C=O) groups is 8. The second-order valence-corrected chi connectivity index (χ2v) is 26.6. The predicted molar refractivity (Wildman–Crippen MR) is 378 cm³/mol. The second kappa shape index (κ2) is 39.0. The van der Waals surface area contributed by atoms with Gasteiger partial charge in [-0.05, 0) is 116 Å². The number of ketones is 3. The number of nitriles is 1. The molecule has 10 rings (SSSR count). The molecule has 22 nitrogen and oxygen atoms in total.